The molecule has 1 unspecified atom stereocenters. The molecule has 0 saturated heterocycles. The minimum absolute atomic E-state index is 0.0193. The van der Waals surface area contributed by atoms with E-state index in [0.717, 1.165) is 30.2 Å². The first-order valence-corrected chi connectivity index (χ1v) is 16.2. The van der Waals surface area contributed by atoms with Crippen molar-refractivity contribution in [2.75, 3.05) is 12.3 Å². The number of benzene rings is 2. The van der Waals surface area contributed by atoms with Gasteiger partial charge in [0, 0.05) is 25.2 Å². The maximum absolute atomic E-state index is 13.9. The summed E-state index contributed by atoms with van der Waals surface area (Å²) in [5.41, 5.74) is 8.11. The van der Waals surface area contributed by atoms with Gasteiger partial charge in [0.25, 0.3) is 0 Å². The molecule has 8 nitrogen and oxygen atoms in total. The van der Waals surface area contributed by atoms with Crippen molar-refractivity contribution in [1.82, 2.24) is 4.90 Å². The van der Waals surface area contributed by atoms with Gasteiger partial charge in [0.1, 0.15) is 11.6 Å². The van der Waals surface area contributed by atoms with Gasteiger partial charge in [0.2, 0.25) is 5.91 Å². The highest BCUT2D eigenvalue weighted by molar-refractivity contribution is 7.92. The van der Waals surface area contributed by atoms with Gasteiger partial charge >= 0.3 is 5.97 Å². The van der Waals surface area contributed by atoms with E-state index in [1.54, 1.807) is 6.07 Å². The molecule has 2 rings (SSSR count). The SMILES string of the molecule is CCCC(CCC)S(=O)(=O)CC(CC(=O)O)C(=O)N(Cc1cccc(CC)c1)C[C@@H](O)[C@@H](N)Cc1cc(F)cc(F)c1. The summed E-state index contributed by atoms with van der Waals surface area (Å²) in [7, 11) is -3.82. The van der Waals surface area contributed by atoms with Crippen LogP contribution in [-0.2, 0) is 38.8 Å². The molecular formula is C31H44F2N2O6S. The summed E-state index contributed by atoms with van der Waals surface area (Å²) in [6.07, 6.45) is 0.657. The van der Waals surface area contributed by atoms with Crippen LogP contribution in [0.3, 0.4) is 0 Å². The number of carboxylic acids is 1. The number of aliphatic carboxylic acids is 1. The number of sulfone groups is 1. The van der Waals surface area contributed by atoms with Gasteiger partial charge in [0.15, 0.2) is 9.84 Å². The predicted molar refractivity (Wildman–Crippen MR) is 158 cm³/mol. The third-order valence-electron chi connectivity index (χ3n) is 7.31. The van der Waals surface area contributed by atoms with Gasteiger partial charge in [-0.2, -0.15) is 0 Å². The van der Waals surface area contributed by atoms with Crippen LogP contribution in [0.15, 0.2) is 42.5 Å². The molecular weight excluding hydrogens is 566 g/mol. The van der Waals surface area contributed by atoms with Gasteiger partial charge in [-0.25, -0.2) is 17.2 Å². The average Bonchev–Trinajstić information content (AvgIpc) is 2.90. The first-order chi connectivity index (χ1) is 19.8. The number of nitrogens with two attached hydrogens (primary N) is 1. The summed E-state index contributed by atoms with van der Waals surface area (Å²) in [4.78, 5) is 26.9. The van der Waals surface area contributed by atoms with Gasteiger partial charge in [-0.05, 0) is 54.5 Å². The first kappa shape index (κ1) is 35.3. The summed E-state index contributed by atoms with van der Waals surface area (Å²) in [6.45, 7) is 5.35. The van der Waals surface area contributed by atoms with Crippen LogP contribution in [0.5, 0.6) is 0 Å². The van der Waals surface area contributed by atoms with E-state index in [1.807, 2.05) is 39.0 Å². The molecule has 0 aliphatic heterocycles. The van der Waals surface area contributed by atoms with E-state index in [-0.39, 0.29) is 25.1 Å². The van der Waals surface area contributed by atoms with Gasteiger partial charge < -0.3 is 20.8 Å². The highest BCUT2D eigenvalue weighted by Gasteiger charge is 2.35. The van der Waals surface area contributed by atoms with Crippen molar-refractivity contribution in [3.63, 3.8) is 0 Å². The molecule has 1 amide bonds. The molecule has 42 heavy (non-hydrogen) atoms. The zero-order valence-electron chi connectivity index (χ0n) is 24.6. The Hall–Kier alpha value is -2.89. The lowest BCUT2D eigenvalue weighted by Gasteiger charge is -2.31. The smallest absolute Gasteiger partial charge is 0.304 e. The molecule has 234 valence electrons. The monoisotopic (exact) mass is 610 g/mol. The van der Waals surface area contributed by atoms with E-state index in [0.29, 0.717) is 31.2 Å². The molecule has 4 N–H and O–H groups in total. The first-order valence-electron chi connectivity index (χ1n) is 14.5. The minimum atomic E-state index is -3.82. The largest absolute Gasteiger partial charge is 0.481 e. The number of halogens is 2. The number of hydrogen-bond acceptors (Lipinski definition) is 6. The van der Waals surface area contributed by atoms with E-state index in [9.17, 15) is 37.0 Å². The molecule has 11 heteroatoms. The normalized spacial score (nSPS) is 14.0. The number of nitrogens with zero attached hydrogens (tertiary/aromatic N) is 1. The second-order valence-electron chi connectivity index (χ2n) is 10.9. The van der Waals surface area contributed by atoms with E-state index < -0.39 is 68.8 Å². The van der Waals surface area contributed by atoms with Crippen molar-refractivity contribution < 1.29 is 37.0 Å². The number of aliphatic hydroxyl groups is 1. The summed E-state index contributed by atoms with van der Waals surface area (Å²) in [5.74, 6) is -5.62. The predicted octanol–water partition coefficient (Wildman–Crippen LogP) is 4.26. The Morgan fingerprint density at radius 3 is 2.10 bits per heavy atom. The topological polar surface area (TPSA) is 138 Å². The second-order valence-corrected chi connectivity index (χ2v) is 13.3. The Morgan fingerprint density at radius 2 is 1.55 bits per heavy atom. The maximum Gasteiger partial charge on any atom is 0.304 e. The fraction of sp³-hybridized carbons (Fsp3) is 0.548. The summed E-state index contributed by atoms with van der Waals surface area (Å²) in [6, 6.07) is 9.29. The molecule has 0 spiro atoms. The average molecular weight is 611 g/mol. The number of hydrogen-bond donors (Lipinski definition) is 3. The van der Waals surface area contributed by atoms with Gasteiger partial charge in [-0.15, -0.1) is 0 Å². The molecule has 0 radical (unpaired) electrons. The molecule has 0 fully saturated rings. The fourth-order valence-electron chi connectivity index (χ4n) is 5.15. The molecule has 2 aromatic rings. The van der Waals surface area contributed by atoms with Crippen molar-refractivity contribution in [1.29, 1.82) is 0 Å². The van der Waals surface area contributed by atoms with Crippen LogP contribution in [0.2, 0.25) is 0 Å². The Kier molecular flexibility index (Phi) is 14.0. The number of rotatable bonds is 18. The Balaban J connectivity index is 2.39. The summed E-state index contributed by atoms with van der Waals surface area (Å²) >= 11 is 0. The van der Waals surface area contributed by atoms with Gasteiger partial charge in [-0.3, -0.25) is 9.59 Å². The third-order valence-corrected chi connectivity index (χ3v) is 9.67. The maximum atomic E-state index is 13.9. The molecule has 3 atom stereocenters. The van der Waals surface area contributed by atoms with E-state index >= 15 is 0 Å². The minimum Gasteiger partial charge on any atom is -0.481 e. The molecule has 0 aromatic heterocycles. The zero-order valence-corrected chi connectivity index (χ0v) is 25.5. The number of carbonyl (C=O) groups is 2. The molecule has 0 bridgehead atoms. The van der Waals surface area contributed by atoms with Crippen molar-refractivity contribution >= 4 is 21.7 Å². The van der Waals surface area contributed by atoms with Crippen molar-refractivity contribution in [2.45, 2.75) is 89.7 Å². The van der Waals surface area contributed by atoms with E-state index in [4.69, 9.17) is 5.73 Å². The quantitative estimate of drug-likeness (QED) is 0.229. The lowest BCUT2D eigenvalue weighted by atomic mass is 9.99. The van der Waals surface area contributed by atoms with Crippen LogP contribution in [0.4, 0.5) is 8.78 Å². The third kappa shape index (κ3) is 11.1. The van der Waals surface area contributed by atoms with E-state index in [2.05, 4.69) is 0 Å². The number of carboxylic acid groups (broad SMARTS) is 1. The summed E-state index contributed by atoms with van der Waals surface area (Å²) < 4.78 is 54.1. The number of aliphatic hydroxyl groups excluding tert-OH is 1. The lowest BCUT2D eigenvalue weighted by Crippen LogP contribution is -2.49. The number of amides is 1. The van der Waals surface area contributed by atoms with Crippen LogP contribution in [0.1, 0.15) is 69.6 Å². The van der Waals surface area contributed by atoms with E-state index in [1.165, 1.54) is 4.90 Å². The highest BCUT2D eigenvalue weighted by Crippen LogP contribution is 2.23. The van der Waals surface area contributed by atoms with Crippen molar-refractivity contribution in [3.8, 4) is 0 Å². The lowest BCUT2D eigenvalue weighted by molar-refractivity contribution is -0.145. The second kappa shape index (κ2) is 16.7. The molecule has 0 aliphatic rings. The van der Waals surface area contributed by atoms with Crippen LogP contribution in [0, 0.1) is 17.6 Å². The number of aryl methyl sites for hydroxylation is 1. The summed E-state index contributed by atoms with van der Waals surface area (Å²) in [5, 5.41) is 19.9. The van der Waals surface area contributed by atoms with Crippen molar-refractivity contribution in [3.05, 3.63) is 70.8 Å². The zero-order chi connectivity index (χ0) is 31.4. The van der Waals surface area contributed by atoms with Crippen LogP contribution < -0.4 is 5.73 Å². The molecule has 0 heterocycles. The Labute approximate surface area is 247 Å². The molecule has 0 saturated carbocycles. The molecule has 2 aromatic carbocycles. The Bertz CT molecular complexity index is 1260. The van der Waals surface area contributed by atoms with Crippen LogP contribution in [0.25, 0.3) is 0 Å². The van der Waals surface area contributed by atoms with Crippen LogP contribution >= 0.6 is 0 Å². The Morgan fingerprint density at radius 1 is 0.952 bits per heavy atom. The van der Waals surface area contributed by atoms with Gasteiger partial charge in [-0.1, -0.05) is 57.9 Å². The highest BCUT2D eigenvalue weighted by atomic mass is 32.2. The molecule has 0 aliphatic carbocycles. The van der Waals surface area contributed by atoms with Crippen molar-refractivity contribution in [2.24, 2.45) is 11.7 Å². The fourth-order valence-corrected chi connectivity index (χ4v) is 7.43. The van der Waals surface area contributed by atoms with Gasteiger partial charge in [0.05, 0.1) is 29.4 Å². The standard InChI is InChI=1S/C31H44F2N2O6S/c1-4-8-27(9-5-2)42(40,41)20-24(16-30(37)38)31(39)35(18-22-11-7-10-21(6-3)12-22)19-29(36)28(34)15-23-13-25(32)17-26(33)14-23/h7,10-14,17,24,27-29,36H,4-6,8-9,15-16,18-20,34H2,1-3H3,(H,37,38)/t24?,28-,29+/m0/s1. The van der Waals surface area contributed by atoms with Crippen LogP contribution in [-0.4, -0.2) is 65.1 Å². The number of carbonyl (C=O) groups excluding carboxylic acids is 1.